The van der Waals surface area contributed by atoms with Gasteiger partial charge in [0, 0.05) is 6.42 Å². The maximum absolute atomic E-state index is 13.1. The number of rotatable bonds is 9. The Morgan fingerprint density at radius 3 is 2.25 bits per heavy atom. The average molecular weight is 438 g/mol. The molecule has 0 saturated heterocycles. The summed E-state index contributed by atoms with van der Waals surface area (Å²) in [7, 11) is 0. The molecule has 3 rings (SSSR count). The van der Waals surface area contributed by atoms with Gasteiger partial charge in [-0.25, -0.2) is 4.79 Å². The van der Waals surface area contributed by atoms with Gasteiger partial charge in [-0.1, -0.05) is 68.1 Å². The predicted molar refractivity (Wildman–Crippen MR) is 126 cm³/mol. The molecule has 1 aliphatic carbocycles. The van der Waals surface area contributed by atoms with Crippen LogP contribution >= 0.6 is 0 Å². The molecule has 0 bridgehead atoms. The van der Waals surface area contributed by atoms with Crippen molar-refractivity contribution in [2.45, 2.75) is 77.5 Å². The van der Waals surface area contributed by atoms with Crippen molar-refractivity contribution in [3.05, 3.63) is 65.7 Å². The number of ketones is 1. The number of alkyl carbamates (subject to hydrolysis) is 1. The molecule has 0 spiro atoms. The van der Waals surface area contributed by atoms with Crippen LogP contribution < -0.4 is 10.1 Å². The quantitative estimate of drug-likeness (QED) is 0.534. The summed E-state index contributed by atoms with van der Waals surface area (Å²) in [6, 6.07) is 16.6. The molecule has 1 saturated carbocycles. The van der Waals surface area contributed by atoms with Gasteiger partial charge in [0.1, 0.15) is 18.0 Å². The molecule has 0 aromatic heterocycles. The fourth-order valence-electron chi connectivity index (χ4n) is 4.08. The van der Waals surface area contributed by atoms with E-state index in [2.05, 4.69) is 5.32 Å². The largest absolute Gasteiger partial charge is 0.488 e. The summed E-state index contributed by atoms with van der Waals surface area (Å²) in [6.45, 7) is 6.19. The molecule has 172 valence electrons. The van der Waals surface area contributed by atoms with E-state index in [-0.39, 0.29) is 18.0 Å². The lowest BCUT2D eigenvalue weighted by Crippen LogP contribution is -2.43. The molecule has 0 unspecified atom stereocenters. The molecular weight excluding hydrogens is 402 g/mol. The van der Waals surface area contributed by atoms with Crippen molar-refractivity contribution in [2.75, 3.05) is 0 Å². The van der Waals surface area contributed by atoms with Gasteiger partial charge in [0.2, 0.25) is 0 Å². The topological polar surface area (TPSA) is 64.6 Å². The van der Waals surface area contributed by atoms with Crippen molar-refractivity contribution in [3.63, 3.8) is 0 Å². The maximum Gasteiger partial charge on any atom is 0.408 e. The Morgan fingerprint density at radius 1 is 0.969 bits per heavy atom. The second-order valence-corrected chi connectivity index (χ2v) is 9.64. The van der Waals surface area contributed by atoms with E-state index < -0.39 is 12.1 Å². The number of Topliss-reactive ketones (excluding diaryl/α,β-unsaturated/α-hetero) is 1. The number of hydrogen-bond acceptors (Lipinski definition) is 4. The van der Waals surface area contributed by atoms with E-state index in [0.29, 0.717) is 18.8 Å². The molecule has 5 heteroatoms. The predicted octanol–water partition coefficient (Wildman–Crippen LogP) is 5.85. The van der Waals surface area contributed by atoms with Gasteiger partial charge in [-0.3, -0.25) is 4.79 Å². The van der Waals surface area contributed by atoms with E-state index in [0.717, 1.165) is 29.7 Å². The molecule has 32 heavy (non-hydrogen) atoms. The van der Waals surface area contributed by atoms with Crippen LogP contribution in [0.3, 0.4) is 0 Å². The van der Waals surface area contributed by atoms with Crippen molar-refractivity contribution < 1.29 is 19.1 Å². The smallest absolute Gasteiger partial charge is 0.408 e. The Morgan fingerprint density at radius 2 is 1.62 bits per heavy atom. The fourth-order valence-corrected chi connectivity index (χ4v) is 4.08. The number of hydrogen-bond donors (Lipinski definition) is 1. The minimum absolute atomic E-state index is 0.0728. The summed E-state index contributed by atoms with van der Waals surface area (Å²) in [5.74, 6) is 1.28. The first-order valence-electron chi connectivity index (χ1n) is 11.6. The van der Waals surface area contributed by atoms with Gasteiger partial charge in [-0.15, -0.1) is 0 Å². The summed E-state index contributed by atoms with van der Waals surface area (Å²) in [6.07, 6.45) is 4.93. The molecule has 1 amide bonds. The van der Waals surface area contributed by atoms with Gasteiger partial charge in [-0.05, 0) is 56.4 Å². The van der Waals surface area contributed by atoms with Crippen molar-refractivity contribution in [2.24, 2.45) is 5.92 Å². The Bertz CT molecular complexity index is 865. The zero-order valence-corrected chi connectivity index (χ0v) is 19.4. The highest BCUT2D eigenvalue weighted by Crippen LogP contribution is 2.28. The summed E-state index contributed by atoms with van der Waals surface area (Å²) in [5.41, 5.74) is 1.61. The molecular formula is C27H35NO4. The van der Waals surface area contributed by atoms with Crippen LogP contribution in [-0.2, 0) is 22.6 Å². The zero-order chi connectivity index (χ0) is 23.0. The SMILES string of the molecule is CC(C)(C)Oc1ccc(C[C@H](NC(=O)OCc2ccccc2)C(=O)CC2CCCC2)cc1. The average Bonchev–Trinajstić information content (AvgIpc) is 3.26. The van der Waals surface area contributed by atoms with Crippen molar-refractivity contribution >= 4 is 11.9 Å². The van der Waals surface area contributed by atoms with E-state index in [1.54, 1.807) is 0 Å². The van der Waals surface area contributed by atoms with E-state index in [9.17, 15) is 9.59 Å². The van der Waals surface area contributed by atoms with Crippen LogP contribution in [0.1, 0.15) is 64.0 Å². The van der Waals surface area contributed by atoms with Gasteiger partial charge >= 0.3 is 6.09 Å². The molecule has 0 aliphatic heterocycles. The third-order valence-corrected chi connectivity index (χ3v) is 5.65. The lowest BCUT2D eigenvalue weighted by atomic mass is 9.94. The Balaban J connectivity index is 1.63. The van der Waals surface area contributed by atoms with Crippen molar-refractivity contribution in [3.8, 4) is 5.75 Å². The highest BCUT2D eigenvalue weighted by atomic mass is 16.5. The Hall–Kier alpha value is -2.82. The standard InChI is InChI=1S/C27H35NO4/c1-27(2,3)32-23-15-13-21(14-16-23)17-24(25(29)18-20-9-7-8-10-20)28-26(30)31-19-22-11-5-4-6-12-22/h4-6,11-16,20,24H,7-10,17-19H2,1-3H3,(H,28,30)/t24-/m0/s1. The second kappa shape index (κ2) is 11.2. The van der Waals surface area contributed by atoms with Crippen LogP contribution in [0, 0.1) is 5.92 Å². The highest BCUT2D eigenvalue weighted by Gasteiger charge is 2.26. The van der Waals surface area contributed by atoms with Crippen LogP contribution in [0.25, 0.3) is 0 Å². The van der Waals surface area contributed by atoms with E-state index in [4.69, 9.17) is 9.47 Å². The molecule has 2 aromatic rings. The van der Waals surface area contributed by atoms with E-state index >= 15 is 0 Å². The zero-order valence-electron chi connectivity index (χ0n) is 19.4. The first kappa shape index (κ1) is 23.8. The number of benzene rings is 2. The van der Waals surface area contributed by atoms with Crippen LogP contribution in [0.5, 0.6) is 5.75 Å². The third kappa shape index (κ3) is 8.03. The normalized spacial score (nSPS) is 15.2. The monoisotopic (exact) mass is 437 g/mol. The molecule has 1 N–H and O–H groups in total. The molecule has 1 aliphatic rings. The second-order valence-electron chi connectivity index (χ2n) is 9.64. The maximum atomic E-state index is 13.1. The van der Waals surface area contributed by atoms with Gasteiger partial charge in [-0.2, -0.15) is 0 Å². The lowest BCUT2D eigenvalue weighted by molar-refractivity contribution is -0.121. The minimum Gasteiger partial charge on any atom is -0.488 e. The van der Waals surface area contributed by atoms with Gasteiger partial charge in [0.15, 0.2) is 5.78 Å². The molecule has 0 heterocycles. The lowest BCUT2D eigenvalue weighted by Gasteiger charge is -2.22. The van der Waals surface area contributed by atoms with Gasteiger partial charge in [0.25, 0.3) is 0 Å². The van der Waals surface area contributed by atoms with Gasteiger partial charge in [0.05, 0.1) is 6.04 Å². The summed E-state index contributed by atoms with van der Waals surface area (Å²) < 4.78 is 11.2. The molecule has 1 atom stereocenters. The first-order chi connectivity index (χ1) is 15.3. The van der Waals surface area contributed by atoms with Crippen LogP contribution in [0.15, 0.2) is 54.6 Å². The number of amides is 1. The summed E-state index contributed by atoms with van der Waals surface area (Å²) in [5, 5.41) is 2.82. The molecule has 0 radical (unpaired) electrons. The number of nitrogens with one attached hydrogen (secondary N) is 1. The van der Waals surface area contributed by atoms with Crippen LogP contribution in [0.2, 0.25) is 0 Å². The van der Waals surface area contributed by atoms with E-state index in [1.165, 1.54) is 12.8 Å². The van der Waals surface area contributed by atoms with Gasteiger partial charge < -0.3 is 14.8 Å². The number of carbonyl (C=O) groups is 2. The van der Waals surface area contributed by atoms with E-state index in [1.807, 2.05) is 75.4 Å². The van der Waals surface area contributed by atoms with Crippen LogP contribution in [0.4, 0.5) is 4.79 Å². The Kier molecular flexibility index (Phi) is 8.32. The number of ether oxygens (including phenoxy) is 2. The Labute approximate surface area is 191 Å². The van der Waals surface area contributed by atoms with Crippen molar-refractivity contribution in [1.82, 2.24) is 5.32 Å². The van der Waals surface area contributed by atoms with Crippen molar-refractivity contribution in [1.29, 1.82) is 0 Å². The summed E-state index contributed by atoms with van der Waals surface area (Å²) >= 11 is 0. The third-order valence-electron chi connectivity index (χ3n) is 5.65. The minimum atomic E-state index is -0.603. The highest BCUT2D eigenvalue weighted by molar-refractivity contribution is 5.87. The first-order valence-corrected chi connectivity index (χ1v) is 11.6. The molecule has 1 fully saturated rings. The molecule has 2 aromatic carbocycles. The fraction of sp³-hybridized carbons (Fsp3) is 0.481. The van der Waals surface area contributed by atoms with Crippen LogP contribution in [-0.4, -0.2) is 23.5 Å². The molecule has 5 nitrogen and oxygen atoms in total. The summed E-state index contributed by atoms with van der Waals surface area (Å²) in [4.78, 5) is 25.5. The number of carbonyl (C=O) groups excluding carboxylic acids is 2.